The molecule has 0 atom stereocenters. The van der Waals surface area contributed by atoms with Gasteiger partial charge in [0.25, 0.3) is 11.2 Å². The molecule has 2 aromatic rings. The number of non-ortho nitro benzene ring substituents is 1. The van der Waals surface area contributed by atoms with E-state index in [1.54, 1.807) is 19.2 Å². The Morgan fingerprint density at radius 2 is 1.61 bits per heavy atom. The van der Waals surface area contributed by atoms with Gasteiger partial charge in [0.05, 0.1) is 4.92 Å². The summed E-state index contributed by atoms with van der Waals surface area (Å²) in [5, 5.41) is 31.7. The fourth-order valence-corrected chi connectivity index (χ4v) is 2.30. The lowest BCUT2D eigenvalue weighted by Crippen LogP contribution is -2.37. The Bertz CT molecular complexity index is 1030. The Balaban J connectivity index is 0.000000703. The average molecular weight is 437 g/mol. The van der Waals surface area contributed by atoms with E-state index < -0.39 is 16.9 Å². The van der Waals surface area contributed by atoms with E-state index in [0.717, 1.165) is 23.1 Å². The summed E-state index contributed by atoms with van der Waals surface area (Å²) < 4.78 is 2.45. The van der Waals surface area contributed by atoms with Crippen molar-refractivity contribution in [1.82, 2.24) is 14.5 Å². The second-order valence-corrected chi connectivity index (χ2v) is 6.26. The van der Waals surface area contributed by atoms with Crippen molar-refractivity contribution < 1.29 is 24.7 Å². The highest BCUT2D eigenvalue weighted by molar-refractivity contribution is 6.27. The molecular weight excluding hydrogens is 414 g/mol. The lowest BCUT2D eigenvalue weighted by Gasteiger charge is -2.12. The van der Waals surface area contributed by atoms with Crippen LogP contribution in [-0.4, -0.2) is 49.3 Å². The molecule has 0 bridgehead atoms. The van der Waals surface area contributed by atoms with Gasteiger partial charge in [0.1, 0.15) is 5.82 Å². The van der Waals surface area contributed by atoms with Crippen molar-refractivity contribution in [2.75, 3.05) is 18.4 Å². The Kier molecular flexibility index (Phi) is 9.59. The van der Waals surface area contributed by atoms with E-state index in [1.165, 1.54) is 29.8 Å². The highest BCUT2D eigenvalue weighted by atomic mass is 16.6. The van der Waals surface area contributed by atoms with Gasteiger partial charge in [-0.2, -0.15) is 0 Å². The van der Waals surface area contributed by atoms with Crippen LogP contribution < -0.4 is 21.9 Å². The van der Waals surface area contributed by atoms with E-state index in [9.17, 15) is 19.7 Å². The molecule has 13 nitrogen and oxygen atoms in total. The van der Waals surface area contributed by atoms with Gasteiger partial charge in [-0.1, -0.05) is 12.1 Å². The fourth-order valence-electron chi connectivity index (χ4n) is 2.30. The number of nitrogens with one attached hydrogen (secondary N) is 2. The van der Waals surface area contributed by atoms with Crippen molar-refractivity contribution in [3.8, 4) is 0 Å². The molecule has 1 heterocycles. The second kappa shape index (κ2) is 11.9. The van der Waals surface area contributed by atoms with Crippen molar-refractivity contribution in [2.24, 2.45) is 14.1 Å². The number of carbonyl (C=O) groups is 2. The van der Waals surface area contributed by atoms with Gasteiger partial charge in [0, 0.05) is 45.4 Å². The van der Waals surface area contributed by atoms with Gasteiger partial charge in [-0.3, -0.25) is 24.0 Å². The minimum atomic E-state index is -1.82. The third-order valence-corrected chi connectivity index (χ3v) is 4.02. The standard InChI is InChI=1S/C16H21N5O4.C2H2O4/c1-19-14(10-15(22)20(2)16(19)23)18-9-3-8-17-11-12-4-6-13(7-5-12)21(24)25;3-1(4)2(5)6/h4-7,10,17-18H,3,8-9,11H2,1-2H3;(H,3,4)(H,5,6). The average Bonchev–Trinajstić information content (AvgIpc) is 2.73. The number of hydrogen-bond acceptors (Lipinski definition) is 8. The van der Waals surface area contributed by atoms with Gasteiger partial charge < -0.3 is 20.8 Å². The summed E-state index contributed by atoms with van der Waals surface area (Å²) >= 11 is 0. The third-order valence-electron chi connectivity index (χ3n) is 4.02. The number of carboxylic acids is 2. The maximum Gasteiger partial charge on any atom is 0.414 e. The van der Waals surface area contributed by atoms with Crippen molar-refractivity contribution in [2.45, 2.75) is 13.0 Å². The lowest BCUT2D eigenvalue weighted by atomic mass is 10.2. The minimum Gasteiger partial charge on any atom is -0.473 e. The Hall–Kier alpha value is -4.00. The van der Waals surface area contributed by atoms with E-state index in [1.807, 2.05) is 0 Å². The first-order valence-corrected chi connectivity index (χ1v) is 8.95. The molecule has 4 N–H and O–H groups in total. The van der Waals surface area contributed by atoms with Crippen molar-refractivity contribution in [3.05, 3.63) is 66.8 Å². The zero-order valence-corrected chi connectivity index (χ0v) is 16.9. The minimum absolute atomic E-state index is 0.0764. The fraction of sp³-hybridized carbons (Fsp3) is 0.333. The maximum absolute atomic E-state index is 11.8. The van der Waals surface area contributed by atoms with Crippen LogP contribution in [0.5, 0.6) is 0 Å². The van der Waals surface area contributed by atoms with Crippen molar-refractivity contribution in [1.29, 1.82) is 0 Å². The van der Waals surface area contributed by atoms with Crippen LogP contribution in [0.4, 0.5) is 11.5 Å². The van der Waals surface area contributed by atoms with Crippen molar-refractivity contribution >= 4 is 23.4 Å². The van der Waals surface area contributed by atoms with Crippen LogP contribution in [0.15, 0.2) is 39.9 Å². The zero-order valence-electron chi connectivity index (χ0n) is 16.9. The molecular formula is C18H23N5O8. The van der Waals surface area contributed by atoms with Gasteiger partial charge in [-0.25, -0.2) is 14.4 Å². The third kappa shape index (κ3) is 8.10. The van der Waals surface area contributed by atoms with Gasteiger partial charge in [0.2, 0.25) is 0 Å². The van der Waals surface area contributed by atoms with Gasteiger partial charge in [-0.15, -0.1) is 0 Å². The summed E-state index contributed by atoms with van der Waals surface area (Å²) in [6.45, 7) is 1.94. The van der Waals surface area contributed by atoms with E-state index >= 15 is 0 Å². The normalized spacial score (nSPS) is 10.0. The van der Waals surface area contributed by atoms with Gasteiger partial charge in [-0.05, 0) is 18.5 Å². The number of benzene rings is 1. The first-order chi connectivity index (χ1) is 14.5. The van der Waals surface area contributed by atoms with Crippen LogP contribution >= 0.6 is 0 Å². The first-order valence-electron chi connectivity index (χ1n) is 8.95. The molecule has 168 valence electrons. The van der Waals surface area contributed by atoms with Crippen LogP contribution in [0.25, 0.3) is 0 Å². The summed E-state index contributed by atoms with van der Waals surface area (Å²) in [7, 11) is 3.05. The predicted octanol–water partition coefficient (Wildman–Crippen LogP) is -0.260. The largest absolute Gasteiger partial charge is 0.473 e. The molecule has 0 radical (unpaired) electrons. The molecule has 0 aliphatic carbocycles. The number of aromatic nitrogens is 2. The zero-order chi connectivity index (χ0) is 23.6. The van der Waals surface area contributed by atoms with Crippen LogP contribution in [-0.2, 0) is 30.2 Å². The molecule has 0 spiro atoms. The molecule has 1 aromatic heterocycles. The second-order valence-electron chi connectivity index (χ2n) is 6.26. The molecule has 0 aliphatic heterocycles. The number of nitro benzene ring substituents is 1. The molecule has 13 heteroatoms. The molecule has 1 aromatic carbocycles. The number of rotatable bonds is 8. The van der Waals surface area contributed by atoms with Gasteiger partial charge >= 0.3 is 17.6 Å². The topological polar surface area (TPSA) is 186 Å². The smallest absolute Gasteiger partial charge is 0.414 e. The Morgan fingerprint density at radius 3 is 2.13 bits per heavy atom. The molecule has 0 saturated heterocycles. The number of hydrogen-bond donors (Lipinski definition) is 4. The summed E-state index contributed by atoms with van der Waals surface area (Å²) in [6, 6.07) is 7.80. The predicted molar refractivity (Wildman–Crippen MR) is 110 cm³/mol. The van der Waals surface area contributed by atoms with Crippen LogP contribution in [0, 0.1) is 10.1 Å². The number of carboxylic acid groups (broad SMARTS) is 2. The summed E-state index contributed by atoms with van der Waals surface area (Å²) in [5.41, 5.74) is 0.327. The molecule has 0 saturated carbocycles. The summed E-state index contributed by atoms with van der Waals surface area (Å²) in [4.78, 5) is 51.8. The number of anilines is 1. The molecule has 0 unspecified atom stereocenters. The quantitative estimate of drug-likeness (QED) is 0.185. The molecule has 0 aliphatic rings. The highest BCUT2D eigenvalue weighted by Crippen LogP contribution is 2.11. The lowest BCUT2D eigenvalue weighted by molar-refractivity contribution is -0.384. The van der Waals surface area contributed by atoms with Crippen molar-refractivity contribution in [3.63, 3.8) is 0 Å². The molecule has 31 heavy (non-hydrogen) atoms. The molecule has 0 amide bonds. The molecule has 2 rings (SSSR count). The maximum atomic E-state index is 11.8. The first kappa shape index (κ1) is 25.0. The van der Waals surface area contributed by atoms with Gasteiger partial charge in [0.15, 0.2) is 0 Å². The van der Waals surface area contributed by atoms with E-state index in [-0.39, 0.29) is 16.9 Å². The Morgan fingerprint density at radius 1 is 1.03 bits per heavy atom. The van der Waals surface area contributed by atoms with Crippen LogP contribution in [0.1, 0.15) is 12.0 Å². The van der Waals surface area contributed by atoms with Crippen LogP contribution in [0.3, 0.4) is 0 Å². The van der Waals surface area contributed by atoms with E-state index in [2.05, 4.69) is 10.6 Å². The number of nitro groups is 1. The Labute approximate surface area is 175 Å². The van der Waals surface area contributed by atoms with E-state index in [4.69, 9.17) is 19.8 Å². The monoisotopic (exact) mass is 437 g/mol. The summed E-state index contributed by atoms with van der Waals surface area (Å²) in [6.07, 6.45) is 0.788. The summed E-state index contributed by atoms with van der Waals surface area (Å²) in [5.74, 6) is -3.16. The highest BCUT2D eigenvalue weighted by Gasteiger charge is 2.06. The van der Waals surface area contributed by atoms with Crippen LogP contribution in [0.2, 0.25) is 0 Å². The number of nitrogens with zero attached hydrogens (tertiary/aromatic N) is 3. The SMILES string of the molecule is Cn1c(NCCCNCc2ccc([N+](=O)[O-])cc2)cc(=O)n(C)c1=O.O=C(O)C(=O)O. The number of aliphatic carboxylic acids is 2. The van der Waals surface area contributed by atoms with E-state index in [0.29, 0.717) is 18.9 Å². The molecule has 0 fully saturated rings.